The lowest BCUT2D eigenvalue weighted by Crippen LogP contribution is -2.31. The summed E-state index contributed by atoms with van der Waals surface area (Å²) in [6.45, 7) is 7.83. The number of hydrogen-bond donors (Lipinski definition) is 1. The number of aryl methyl sites for hydroxylation is 1. The molecule has 0 aliphatic carbocycles. The normalized spacial score (nSPS) is 10.8. The molecule has 0 saturated heterocycles. The maximum absolute atomic E-state index is 5.87. The van der Waals surface area contributed by atoms with E-state index in [4.69, 9.17) is 5.73 Å². The second kappa shape index (κ2) is 6.53. The van der Waals surface area contributed by atoms with Gasteiger partial charge in [0.15, 0.2) is 0 Å². The largest absolute Gasteiger partial charge is 0.364 e. The van der Waals surface area contributed by atoms with Crippen LogP contribution in [0, 0.1) is 6.92 Å². The van der Waals surface area contributed by atoms with Crippen LogP contribution < -0.4 is 10.6 Å². The molecule has 1 aromatic carbocycles. The van der Waals surface area contributed by atoms with E-state index in [-0.39, 0.29) is 0 Å². The van der Waals surface area contributed by atoms with Crippen LogP contribution in [0.2, 0.25) is 0 Å². The predicted octanol–water partition coefficient (Wildman–Crippen LogP) is 3.26. The molecular formula is C17H23N3. The zero-order chi connectivity index (χ0) is 14.5. The van der Waals surface area contributed by atoms with E-state index in [2.05, 4.69) is 54.1 Å². The van der Waals surface area contributed by atoms with Crippen molar-refractivity contribution in [2.75, 3.05) is 4.90 Å². The molecule has 0 bridgehead atoms. The third-order valence-corrected chi connectivity index (χ3v) is 3.45. The molecule has 20 heavy (non-hydrogen) atoms. The zero-order valence-corrected chi connectivity index (χ0v) is 12.5. The quantitative estimate of drug-likeness (QED) is 0.906. The van der Waals surface area contributed by atoms with Crippen LogP contribution in [0.15, 0.2) is 42.6 Å². The Kier molecular flexibility index (Phi) is 4.74. The van der Waals surface area contributed by atoms with Gasteiger partial charge in [0.2, 0.25) is 0 Å². The molecule has 0 saturated carbocycles. The van der Waals surface area contributed by atoms with Crippen molar-refractivity contribution in [2.45, 2.75) is 39.9 Å². The fourth-order valence-corrected chi connectivity index (χ4v) is 2.32. The Balaban J connectivity index is 2.36. The van der Waals surface area contributed by atoms with Gasteiger partial charge in [-0.2, -0.15) is 0 Å². The third kappa shape index (κ3) is 3.36. The number of pyridine rings is 1. The number of aromatic nitrogens is 1. The second-order valence-electron chi connectivity index (χ2n) is 5.37. The Labute approximate surface area is 121 Å². The van der Waals surface area contributed by atoms with Gasteiger partial charge < -0.3 is 10.6 Å². The Morgan fingerprint density at radius 1 is 1.20 bits per heavy atom. The van der Waals surface area contributed by atoms with Crippen LogP contribution in [0.25, 0.3) is 0 Å². The molecule has 0 aliphatic heterocycles. The highest BCUT2D eigenvalue weighted by atomic mass is 15.2. The lowest BCUT2D eigenvalue weighted by atomic mass is 10.1. The fraction of sp³-hybridized carbons (Fsp3) is 0.353. The van der Waals surface area contributed by atoms with Crippen molar-refractivity contribution in [3.05, 3.63) is 59.4 Å². The van der Waals surface area contributed by atoms with Gasteiger partial charge in [-0.15, -0.1) is 0 Å². The highest BCUT2D eigenvalue weighted by molar-refractivity contribution is 5.54. The molecule has 0 radical (unpaired) electrons. The first-order valence-electron chi connectivity index (χ1n) is 7.08. The Hall–Kier alpha value is -1.87. The maximum atomic E-state index is 5.87. The molecule has 0 amide bonds. The number of nitrogens with zero attached hydrogens (tertiary/aromatic N) is 2. The van der Waals surface area contributed by atoms with Gasteiger partial charge in [-0.05, 0) is 32.4 Å². The number of rotatable bonds is 5. The molecule has 2 aromatic rings. The van der Waals surface area contributed by atoms with Gasteiger partial charge in [-0.25, -0.2) is 0 Å². The Bertz CT molecular complexity index is 549. The molecule has 3 heteroatoms. The van der Waals surface area contributed by atoms with Crippen molar-refractivity contribution in [1.29, 1.82) is 0 Å². The average Bonchev–Trinajstić information content (AvgIpc) is 2.45. The van der Waals surface area contributed by atoms with Crippen LogP contribution in [0.5, 0.6) is 0 Å². The first-order chi connectivity index (χ1) is 9.61. The SMILES string of the molecule is Cc1cc(N(Cc2ccccc2)C(C)C)c(CN)cn1. The lowest BCUT2D eigenvalue weighted by Gasteiger charge is -2.31. The molecule has 2 N–H and O–H groups in total. The lowest BCUT2D eigenvalue weighted by molar-refractivity contribution is 0.677. The van der Waals surface area contributed by atoms with E-state index in [1.807, 2.05) is 19.2 Å². The van der Waals surface area contributed by atoms with Gasteiger partial charge in [0.05, 0.1) is 0 Å². The molecule has 0 spiro atoms. The topological polar surface area (TPSA) is 42.1 Å². The van der Waals surface area contributed by atoms with Crippen LogP contribution in [-0.2, 0) is 13.1 Å². The van der Waals surface area contributed by atoms with Gasteiger partial charge in [0, 0.05) is 42.3 Å². The summed E-state index contributed by atoms with van der Waals surface area (Å²) in [4.78, 5) is 6.73. The van der Waals surface area contributed by atoms with E-state index in [0.717, 1.165) is 17.8 Å². The van der Waals surface area contributed by atoms with Gasteiger partial charge in [0.25, 0.3) is 0 Å². The van der Waals surface area contributed by atoms with Crippen molar-refractivity contribution in [1.82, 2.24) is 4.98 Å². The smallest absolute Gasteiger partial charge is 0.0450 e. The van der Waals surface area contributed by atoms with E-state index in [1.54, 1.807) is 0 Å². The van der Waals surface area contributed by atoms with Crippen LogP contribution in [0.1, 0.15) is 30.7 Å². The summed E-state index contributed by atoms with van der Waals surface area (Å²) in [6, 6.07) is 13.1. The molecule has 0 atom stereocenters. The second-order valence-corrected chi connectivity index (χ2v) is 5.37. The molecule has 0 unspecified atom stereocenters. The number of benzene rings is 1. The molecule has 2 rings (SSSR count). The third-order valence-electron chi connectivity index (χ3n) is 3.45. The molecule has 0 fully saturated rings. The van der Waals surface area contributed by atoms with Crippen molar-refractivity contribution >= 4 is 5.69 Å². The first-order valence-corrected chi connectivity index (χ1v) is 7.08. The highest BCUT2D eigenvalue weighted by Crippen LogP contribution is 2.24. The van der Waals surface area contributed by atoms with Crippen LogP contribution in [0.4, 0.5) is 5.69 Å². The minimum absolute atomic E-state index is 0.405. The number of hydrogen-bond acceptors (Lipinski definition) is 3. The molecule has 3 nitrogen and oxygen atoms in total. The fourth-order valence-electron chi connectivity index (χ4n) is 2.32. The van der Waals surface area contributed by atoms with Crippen molar-refractivity contribution < 1.29 is 0 Å². The summed E-state index contributed by atoms with van der Waals surface area (Å²) in [6.07, 6.45) is 1.89. The van der Waals surface area contributed by atoms with Crippen molar-refractivity contribution in [3.8, 4) is 0 Å². The number of anilines is 1. The Morgan fingerprint density at radius 3 is 2.50 bits per heavy atom. The molecular weight excluding hydrogens is 246 g/mol. The van der Waals surface area contributed by atoms with Crippen molar-refractivity contribution in [2.24, 2.45) is 5.73 Å². The van der Waals surface area contributed by atoms with Gasteiger partial charge in [0.1, 0.15) is 0 Å². The molecule has 1 aromatic heterocycles. The minimum Gasteiger partial charge on any atom is -0.364 e. The maximum Gasteiger partial charge on any atom is 0.0450 e. The van der Waals surface area contributed by atoms with E-state index < -0.39 is 0 Å². The average molecular weight is 269 g/mol. The summed E-state index contributed by atoms with van der Waals surface area (Å²) in [5.74, 6) is 0. The highest BCUT2D eigenvalue weighted by Gasteiger charge is 2.15. The van der Waals surface area contributed by atoms with E-state index in [0.29, 0.717) is 12.6 Å². The van der Waals surface area contributed by atoms with E-state index in [9.17, 15) is 0 Å². The summed E-state index contributed by atoms with van der Waals surface area (Å²) in [7, 11) is 0. The predicted molar refractivity (Wildman–Crippen MR) is 84.6 cm³/mol. The van der Waals surface area contributed by atoms with Crippen LogP contribution >= 0.6 is 0 Å². The van der Waals surface area contributed by atoms with Gasteiger partial charge in [-0.3, -0.25) is 4.98 Å². The standard InChI is InChI=1S/C17H23N3/c1-13(2)20(12-15-7-5-4-6-8-15)17-9-14(3)19-11-16(17)10-18/h4-9,11,13H,10,12,18H2,1-3H3. The van der Waals surface area contributed by atoms with Crippen LogP contribution in [0.3, 0.4) is 0 Å². The minimum atomic E-state index is 0.405. The monoisotopic (exact) mass is 269 g/mol. The van der Waals surface area contributed by atoms with Gasteiger partial charge in [-0.1, -0.05) is 30.3 Å². The summed E-state index contributed by atoms with van der Waals surface area (Å²) < 4.78 is 0. The first kappa shape index (κ1) is 14.5. The van der Waals surface area contributed by atoms with E-state index >= 15 is 0 Å². The number of nitrogens with two attached hydrogens (primary N) is 1. The van der Waals surface area contributed by atoms with E-state index in [1.165, 1.54) is 11.3 Å². The van der Waals surface area contributed by atoms with Crippen LogP contribution in [-0.4, -0.2) is 11.0 Å². The summed E-state index contributed by atoms with van der Waals surface area (Å²) >= 11 is 0. The summed E-state index contributed by atoms with van der Waals surface area (Å²) in [5.41, 5.74) is 10.5. The molecule has 106 valence electrons. The van der Waals surface area contributed by atoms with Crippen molar-refractivity contribution in [3.63, 3.8) is 0 Å². The Morgan fingerprint density at radius 2 is 1.90 bits per heavy atom. The zero-order valence-electron chi connectivity index (χ0n) is 12.5. The molecule has 0 aliphatic rings. The molecule has 1 heterocycles. The summed E-state index contributed by atoms with van der Waals surface area (Å²) in [5, 5.41) is 0. The van der Waals surface area contributed by atoms with Gasteiger partial charge >= 0.3 is 0 Å².